The third-order valence-corrected chi connectivity index (χ3v) is 4.28. The number of aromatic amines is 1. The summed E-state index contributed by atoms with van der Waals surface area (Å²) in [5.74, 6) is 2.12. The van der Waals surface area contributed by atoms with Crippen LogP contribution in [0.2, 0.25) is 0 Å². The second-order valence-corrected chi connectivity index (χ2v) is 5.23. The molecular formula is C10H14N2OS. The molecule has 0 spiro atoms. The highest BCUT2D eigenvalue weighted by Crippen LogP contribution is 2.34. The summed E-state index contributed by atoms with van der Waals surface area (Å²) in [6.45, 7) is 0. The first-order valence-electron chi connectivity index (χ1n) is 5.26. The van der Waals surface area contributed by atoms with E-state index in [9.17, 15) is 4.79 Å². The molecule has 4 heteroatoms. The topological polar surface area (TPSA) is 37.8 Å². The van der Waals surface area contributed by atoms with Crippen LogP contribution in [0.4, 0.5) is 0 Å². The quantitative estimate of drug-likeness (QED) is 0.766. The van der Waals surface area contributed by atoms with E-state index in [0.29, 0.717) is 6.04 Å². The maximum absolute atomic E-state index is 11.6. The maximum Gasteiger partial charge on any atom is 0.267 e. The molecule has 2 aliphatic rings. The van der Waals surface area contributed by atoms with E-state index in [1.54, 1.807) is 0 Å². The van der Waals surface area contributed by atoms with E-state index in [1.165, 1.54) is 25.0 Å². The van der Waals surface area contributed by atoms with Crippen LogP contribution in [0.1, 0.15) is 36.6 Å². The fourth-order valence-corrected chi connectivity index (χ4v) is 3.23. The number of fused-ring (bicyclic) bond motifs is 1. The van der Waals surface area contributed by atoms with Crippen LogP contribution in [0.15, 0.2) is 4.79 Å². The van der Waals surface area contributed by atoms with Crippen LogP contribution < -0.4 is 5.56 Å². The van der Waals surface area contributed by atoms with Crippen molar-refractivity contribution in [2.75, 3.05) is 5.75 Å². The zero-order valence-electron chi connectivity index (χ0n) is 8.08. The first-order valence-corrected chi connectivity index (χ1v) is 6.42. The first kappa shape index (κ1) is 8.65. The molecule has 1 aliphatic carbocycles. The highest BCUT2D eigenvalue weighted by Gasteiger charge is 2.26. The van der Waals surface area contributed by atoms with Gasteiger partial charge in [0.25, 0.3) is 5.56 Å². The Bertz CT molecular complexity index is 403. The molecule has 0 unspecified atom stereocenters. The smallest absolute Gasteiger partial charge is 0.267 e. The van der Waals surface area contributed by atoms with Crippen molar-refractivity contribution < 1.29 is 0 Å². The van der Waals surface area contributed by atoms with Gasteiger partial charge in [-0.1, -0.05) is 0 Å². The van der Waals surface area contributed by atoms with Gasteiger partial charge in [-0.05, 0) is 31.4 Å². The molecule has 1 N–H and O–H groups in total. The lowest BCUT2D eigenvalue weighted by molar-refractivity contribution is 0.283. The Balaban J connectivity index is 2.06. The number of nitrogens with zero attached hydrogens (tertiary/aromatic N) is 1. The Hall–Kier alpha value is -0.640. The van der Waals surface area contributed by atoms with E-state index in [1.807, 2.05) is 11.8 Å². The Morgan fingerprint density at radius 2 is 2.29 bits per heavy atom. The van der Waals surface area contributed by atoms with E-state index in [2.05, 4.69) is 9.78 Å². The minimum Gasteiger partial charge on any atom is -0.285 e. The summed E-state index contributed by atoms with van der Waals surface area (Å²) < 4.78 is 2.15. The van der Waals surface area contributed by atoms with Gasteiger partial charge in [0, 0.05) is 11.3 Å². The van der Waals surface area contributed by atoms with Crippen molar-refractivity contribution >= 4 is 11.8 Å². The summed E-state index contributed by atoms with van der Waals surface area (Å²) in [5.41, 5.74) is 2.49. The summed E-state index contributed by atoms with van der Waals surface area (Å²) in [6, 6.07) is 0.588. The van der Waals surface area contributed by atoms with Gasteiger partial charge in [0.1, 0.15) is 0 Å². The van der Waals surface area contributed by atoms with E-state index in [0.717, 1.165) is 23.5 Å². The number of aromatic nitrogens is 2. The second kappa shape index (κ2) is 3.19. The van der Waals surface area contributed by atoms with Crippen LogP contribution in [0, 0.1) is 0 Å². The predicted octanol–water partition coefficient (Wildman–Crippen LogP) is 1.69. The van der Waals surface area contributed by atoms with E-state index in [4.69, 9.17) is 0 Å². The van der Waals surface area contributed by atoms with Gasteiger partial charge in [0.05, 0.1) is 11.7 Å². The Labute approximate surface area is 86.9 Å². The number of nitrogens with one attached hydrogen (secondary N) is 1. The van der Waals surface area contributed by atoms with Crippen LogP contribution >= 0.6 is 11.8 Å². The van der Waals surface area contributed by atoms with Gasteiger partial charge >= 0.3 is 0 Å². The Morgan fingerprint density at radius 1 is 1.43 bits per heavy atom. The van der Waals surface area contributed by atoms with E-state index >= 15 is 0 Å². The number of thioether (sulfide) groups is 1. The summed E-state index contributed by atoms with van der Waals surface area (Å²) in [6.07, 6.45) is 4.74. The molecule has 14 heavy (non-hydrogen) atoms. The molecule has 0 radical (unpaired) electrons. The zero-order chi connectivity index (χ0) is 9.54. The van der Waals surface area contributed by atoms with Crippen LogP contribution in [0.5, 0.6) is 0 Å². The van der Waals surface area contributed by atoms with Crippen molar-refractivity contribution in [2.45, 2.75) is 37.5 Å². The number of hydrogen-bond donors (Lipinski definition) is 1. The highest BCUT2D eigenvalue weighted by atomic mass is 32.2. The second-order valence-electron chi connectivity index (χ2n) is 4.12. The lowest BCUT2D eigenvalue weighted by atomic mass is 9.93. The third-order valence-electron chi connectivity index (χ3n) is 3.31. The van der Waals surface area contributed by atoms with Gasteiger partial charge in [-0.3, -0.25) is 14.6 Å². The minimum atomic E-state index is 0.159. The molecule has 0 amide bonds. The maximum atomic E-state index is 11.6. The van der Waals surface area contributed by atoms with Crippen molar-refractivity contribution in [1.29, 1.82) is 0 Å². The Kier molecular flexibility index (Phi) is 1.97. The molecule has 2 heterocycles. The zero-order valence-corrected chi connectivity index (χ0v) is 8.90. The van der Waals surface area contributed by atoms with Gasteiger partial charge in [0.15, 0.2) is 0 Å². The fraction of sp³-hybridized carbons (Fsp3) is 0.700. The fourth-order valence-electron chi connectivity index (χ4n) is 2.23. The van der Waals surface area contributed by atoms with Gasteiger partial charge in [-0.2, -0.15) is 11.8 Å². The molecule has 0 atom stereocenters. The van der Waals surface area contributed by atoms with Crippen LogP contribution in [-0.4, -0.2) is 15.5 Å². The van der Waals surface area contributed by atoms with E-state index < -0.39 is 0 Å². The molecule has 0 saturated heterocycles. The van der Waals surface area contributed by atoms with Gasteiger partial charge in [-0.15, -0.1) is 0 Å². The van der Waals surface area contributed by atoms with Crippen LogP contribution in [0.3, 0.4) is 0 Å². The predicted molar refractivity (Wildman–Crippen MR) is 57.8 cm³/mol. The summed E-state index contributed by atoms with van der Waals surface area (Å²) in [7, 11) is 0. The van der Waals surface area contributed by atoms with Crippen molar-refractivity contribution in [3.05, 3.63) is 21.6 Å². The summed E-state index contributed by atoms with van der Waals surface area (Å²) in [5, 5.41) is 3.00. The number of rotatable bonds is 1. The van der Waals surface area contributed by atoms with Crippen molar-refractivity contribution in [1.82, 2.24) is 9.78 Å². The van der Waals surface area contributed by atoms with Gasteiger partial charge in [0.2, 0.25) is 0 Å². The number of H-pyrrole nitrogens is 1. The monoisotopic (exact) mass is 210 g/mol. The molecule has 1 fully saturated rings. The average Bonchev–Trinajstić information content (AvgIpc) is 2.43. The van der Waals surface area contributed by atoms with E-state index in [-0.39, 0.29) is 5.56 Å². The molecule has 1 aromatic rings. The van der Waals surface area contributed by atoms with Crippen molar-refractivity contribution in [3.8, 4) is 0 Å². The van der Waals surface area contributed by atoms with Crippen molar-refractivity contribution in [2.24, 2.45) is 0 Å². The molecule has 1 aliphatic heterocycles. The number of hydrogen-bond acceptors (Lipinski definition) is 2. The Morgan fingerprint density at radius 3 is 3.00 bits per heavy atom. The standard InChI is InChI=1S/C10H14N2OS/c13-10-8-4-5-14-6-9(8)12(11-10)7-2-1-3-7/h7H,1-6H2,(H,11,13). The summed E-state index contributed by atoms with van der Waals surface area (Å²) >= 11 is 1.94. The highest BCUT2D eigenvalue weighted by molar-refractivity contribution is 7.98. The lowest BCUT2D eigenvalue weighted by Gasteiger charge is -2.29. The molecule has 1 aromatic heterocycles. The van der Waals surface area contributed by atoms with Gasteiger partial charge < -0.3 is 0 Å². The first-order chi connectivity index (χ1) is 6.86. The molecule has 1 saturated carbocycles. The molecule has 3 rings (SSSR count). The molecule has 0 aromatic carbocycles. The largest absolute Gasteiger partial charge is 0.285 e. The van der Waals surface area contributed by atoms with Crippen LogP contribution in [0.25, 0.3) is 0 Å². The average molecular weight is 210 g/mol. The minimum absolute atomic E-state index is 0.159. The molecular weight excluding hydrogens is 196 g/mol. The molecule has 0 bridgehead atoms. The molecule has 76 valence electrons. The van der Waals surface area contributed by atoms with Crippen molar-refractivity contribution in [3.63, 3.8) is 0 Å². The SMILES string of the molecule is O=c1[nH]n(C2CCC2)c2c1CCSC2. The summed E-state index contributed by atoms with van der Waals surface area (Å²) in [4.78, 5) is 11.6. The normalized spacial score (nSPS) is 21.7. The lowest BCUT2D eigenvalue weighted by Crippen LogP contribution is -2.21. The molecule has 3 nitrogen and oxygen atoms in total. The van der Waals surface area contributed by atoms with Crippen LogP contribution in [-0.2, 0) is 12.2 Å². The van der Waals surface area contributed by atoms with Gasteiger partial charge in [-0.25, -0.2) is 0 Å². The third kappa shape index (κ3) is 1.16.